The Kier molecular flexibility index (Phi) is 5.49. The van der Waals surface area contributed by atoms with Crippen LogP contribution in [-0.4, -0.2) is 45.2 Å². The summed E-state index contributed by atoms with van der Waals surface area (Å²) in [6.07, 6.45) is -0.775. The molecule has 0 radical (unpaired) electrons. The van der Waals surface area contributed by atoms with Crippen LogP contribution in [0.4, 0.5) is 5.69 Å². The van der Waals surface area contributed by atoms with Crippen LogP contribution in [0.2, 0.25) is 0 Å². The SMILES string of the molecule is CNC(=O)[C@@H]1CN(C(=O)COc2ccc(C)cc2OC)c2ccccc2O1. The second-order valence-electron chi connectivity index (χ2n) is 6.14. The number of benzene rings is 2. The van der Waals surface area contributed by atoms with Gasteiger partial charge in [-0.3, -0.25) is 9.59 Å². The smallest absolute Gasteiger partial charge is 0.265 e. The average molecular weight is 370 g/mol. The van der Waals surface area contributed by atoms with E-state index in [9.17, 15) is 9.59 Å². The number of hydrogen-bond acceptors (Lipinski definition) is 5. The fraction of sp³-hybridized carbons (Fsp3) is 0.300. The molecule has 3 rings (SSSR count). The van der Waals surface area contributed by atoms with Gasteiger partial charge in [0.2, 0.25) is 0 Å². The lowest BCUT2D eigenvalue weighted by atomic mass is 10.1. The van der Waals surface area contributed by atoms with Gasteiger partial charge in [-0.25, -0.2) is 0 Å². The van der Waals surface area contributed by atoms with E-state index >= 15 is 0 Å². The molecule has 27 heavy (non-hydrogen) atoms. The number of rotatable bonds is 5. The lowest BCUT2D eigenvalue weighted by Gasteiger charge is -2.33. The van der Waals surface area contributed by atoms with Crippen LogP contribution in [-0.2, 0) is 9.59 Å². The molecule has 0 saturated carbocycles. The molecule has 7 heteroatoms. The van der Waals surface area contributed by atoms with Crippen molar-refractivity contribution < 1.29 is 23.8 Å². The molecule has 2 aromatic rings. The zero-order valence-electron chi connectivity index (χ0n) is 15.5. The fourth-order valence-corrected chi connectivity index (χ4v) is 2.88. The largest absolute Gasteiger partial charge is 0.493 e. The van der Waals surface area contributed by atoms with Crippen molar-refractivity contribution in [3.05, 3.63) is 48.0 Å². The molecule has 0 aromatic heterocycles. The number of amides is 2. The van der Waals surface area contributed by atoms with Crippen molar-refractivity contribution >= 4 is 17.5 Å². The minimum atomic E-state index is -0.775. The quantitative estimate of drug-likeness (QED) is 0.870. The molecular weight excluding hydrogens is 348 g/mol. The van der Waals surface area contributed by atoms with Crippen LogP contribution >= 0.6 is 0 Å². The van der Waals surface area contributed by atoms with Gasteiger partial charge in [0.15, 0.2) is 24.2 Å². The van der Waals surface area contributed by atoms with E-state index in [1.807, 2.05) is 25.1 Å². The molecule has 1 N–H and O–H groups in total. The van der Waals surface area contributed by atoms with E-state index in [2.05, 4.69) is 5.32 Å². The van der Waals surface area contributed by atoms with Crippen molar-refractivity contribution in [1.29, 1.82) is 0 Å². The van der Waals surface area contributed by atoms with E-state index in [-0.39, 0.29) is 25.0 Å². The fourth-order valence-electron chi connectivity index (χ4n) is 2.88. The maximum absolute atomic E-state index is 12.8. The van der Waals surface area contributed by atoms with Gasteiger partial charge in [-0.1, -0.05) is 18.2 Å². The summed E-state index contributed by atoms with van der Waals surface area (Å²) in [6, 6.07) is 12.6. The molecule has 0 spiro atoms. The summed E-state index contributed by atoms with van der Waals surface area (Å²) in [6.45, 7) is 1.87. The van der Waals surface area contributed by atoms with Crippen LogP contribution in [0.25, 0.3) is 0 Å². The third kappa shape index (κ3) is 3.97. The van der Waals surface area contributed by atoms with Gasteiger partial charge in [0.1, 0.15) is 5.75 Å². The predicted octanol–water partition coefficient (Wildman–Crippen LogP) is 1.92. The van der Waals surface area contributed by atoms with E-state index in [1.54, 1.807) is 31.4 Å². The van der Waals surface area contributed by atoms with Crippen LogP contribution in [0.1, 0.15) is 5.56 Å². The molecule has 1 aliphatic rings. The molecule has 1 atom stereocenters. The summed E-state index contributed by atoms with van der Waals surface area (Å²) >= 11 is 0. The van der Waals surface area contributed by atoms with Crippen LogP contribution < -0.4 is 24.4 Å². The standard InChI is InChI=1S/C20H22N2O5/c1-13-8-9-16(17(10-13)25-3)26-12-19(23)22-11-18(20(24)21-2)27-15-7-5-4-6-14(15)22/h4-10,18H,11-12H2,1-3H3,(H,21,24)/t18-/m0/s1. The Morgan fingerprint density at radius 2 is 2.00 bits per heavy atom. The highest BCUT2D eigenvalue weighted by Crippen LogP contribution is 2.33. The van der Waals surface area contributed by atoms with Crippen molar-refractivity contribution in [3.8, 4) is 17.2 Å². The van der Waals surface area contributed by atoms with Gasteiger partial charge in [0, 0.05) is 7.05 Å². The van der Waals surface area contributed by atoms with E-state index in [0.717, 1.165) is 5.56 Å². The van der Waals surface area contributed by atoms with E-state index < -0.39 is 6.10 Å². The van der Waals surface area contributed by atoms with Gasteiger partial charge < -0.3 is 24.4 Å². The highest BCUT2D eigenvalue weighted by atomic mass is 16.5. The highest BCUT2D eigenvalue weighted by molar-refractivity contribution is 5.98. The van der Waals surface area contributed by atoms with E-state index in [4.69, 9.17) is 14.2 Å². The summed E-state index contributed by atoms with van der Waals surface area (Å²) in [7, 11) is 3.08. The van der Waals surface area contributed by atoms with Crippen LogP contribution in [0.3, 0.4) is 0 Å². The molecule has 0 bridgehead atoms. The van der Waals surface area contributed by atoms with Crippen molar-refractivity contribution in [2.45, 2.75) is 13.0 Å². The predicted molar refractivity (Wildman–Crippen MR) is 101 cm³/mol. The van der Waals surface area contributed by atoms with E-state index in [0.29, 0.717) is 22.9 Å². The number of carbonyl (C=O) groups excluding carboxylic acids is 2. The monoisotopic (exact) mass is 370 g/mol. The Hall–Kier alpha value is -3.22. The molecule has 142 valence electrons. The number of hydrogen-bond donors (Lipinski definition) is 1. The Balaban J connectivity index is 1.78. The Labute approximate surface area is 157 Å². The first-order chi connectivity index (χ1) is 13.0. The minimum absolute atomic E-state index is 0.115. The lowest BCUT2D eigenvalue weighted by Crippen LogP contribution is -2.51. The third-order valence-electron chi connectivity index (χ3n) is 4.28. The summed E-state index contributed by atoms with van der Waals surface area (Å²) in [5.74, 6) is 0.971. The van der Waals surface area contributed by atoms with Crippen LogP contribution in [0, 0.1) is 6.92 Å². The number of aryl methyl sites for hydroxylation is 1. The topological polar surface area (TPSA) is 77.1 Å². The normalized spacial score (nSPS) is 15.4. The number of methoxy groups -OCH3 is 1. The van der Waals surface area contributed by atoms with Crippen molar-refractivity contribution in [2.75, 3.05) is 32.2 Å². The summed E-state index contributed by atoms with van der Waals surface area (Å²) < 4.78 is 16.7. The number of anilines is 1. The van der Waals surface area contributed by atoms with Crippen molar-refractivity contribution in [2.24, 2.45) is 0 Å². The van der Waals surface area contributed by atoms with Crippen molar-refractivity contribution in [1.82, 2.24) is 5.32 Å². The Bertz CT molecular complexity index is 852. The molecule has 0 aliphatic carbocycles. The van der Waals surface area contributed by atoms with E-state index in [1.165, 1.54) is 11.9 Å². The number of fused-ring (bicyclic) bond motifs is 1. The molecule has 7 nitrogen and oxygen atoms in total. The van der Waals surface area contributed by atoms with Gasteiger partial charge in [0.05, 0.1) is 19.3 Å². The molecule has 2 amide bonds. The van der Waals surface area contributed by atoms with Gasteiger partial charge in [-0.05, 0) is 36.8 Å². The second kappa shape index (κ2) is 7.99. The average Bonchev–Trinajstić information content (AvgIpc) is 2.70. The zero-order valence-corrected chi connectivity index (χ0v) is 15.5. The summed E-state index contributed by atoms with van der Waals surface area (Å²) in [5.41, 5.74) is 1.64. The molecule has 0 fully saturated rings. The molecular formula is C20H22N2O5. The number of nitrogens with zero attached hydrogens (tertiary/aromatic N) is 1. The minimum Gasteiger partial charge on any atom is -0.493 e. The number of ether oxygens (including phenoxy) is 3. The summed E-state index contributed by atoms with van der Waals surface area (Å²) in [4.78, 5) is 26.4. The Morgan fingerprint density at radius 3 is 2.74 bits per heavy atom. The van der Waals surface area contributed by atoms with Crippen LogP contribution in [0.5, 0.6) is 17.2 Å². The lowest BCUT2D eigenvalue weighted by molar-refractivity contribution is -0.128. The van der Waals surface area contributed by atoms with Crippen LogP contribution in [0.15, 0.2) is 42.5 Å². The molecule has 0 saturated heterocycles. The molecule has 2 aromatic carbocycles. The number of likely N-dealkylation sites (N-methyl/N-ethyl adjacent to an activating group) is 1. The number of nitrogens with one attached hydrogen (secondary N) is 1. The third-order valence-corrected chi connectivity index (χ3v) is 4.28. The Morgan fingerprint density at radius 1 is 1.22 bits per heavy atom. The first-order valence-corrected chi connectivity index (χ1v) is 8.58. The zero-order chi connectivity index (χ0) is 19.4. The first kappa shape index (κ1) is 18.6. The number of para-hydroxylation sites is 2. The van der Waals surface area contributed by atoms with Gasteiger partial charge >= 0.3 is 0 Å². The molecule has 1 aliphatic heterocycles. The number of carbonyl (C=O) groups is 2. The second-order valence-corrected chi connectivity index (χ2v) is 6.14. The van der Waals surface area contributed by atoms with Crippen molar-refractivity contribution in [3.63, 3.8) is 0 Å². The molecule has 1 heterocycles. The maximum atomic E-state index is 12.8. The maximum Gasteiger partial charge on any atom is 0.265 e. The van der Waals surface area contributed by atoms with Gasteiger partial charge in [-0.15, -0.1) is 0 Å². The summed E-state index contributed by atoms with van der Waals surface area (Å²) in [5, 5.41) is 2.55. The van der Waals surface area contributed by atoms with Gasteiger partial charge in [-0.2, -0.15) is 0 Å². The van der Waals surface area contributed by atoms with Gasteiger partial charge in [0.25, 0.3) is 11.8 Å². The highest BCUT2D eigenvalue weighted by Gasteiger charge is 2.33. The first-order valence-electron chi connectivity index (χ1n) is 8.58. The molecule has 0 unspecified atom stereocenters.